The molecule has 0 fully saturated rings. The molecule has 1 atom stereocenters. The van der Waals surface area contributed by atoms with Gasteiger partial charge in [0.05, 0.1) is 6.04 Å². The number of rotatable bonds is 3. The molecule has 2 rings (SSSR count). The third-order valence-electron chi connectivity index (χ3n) is 1.91. The molecular formula is C10H11N3S. The fourth-order valence-corrected chi connectivity index (χ4v) is 1.94. The van der Waals surface area contributed by atoms with Crippen LogP contribution in [0.2, 0.25) is 0 Å². The Hall–Kier alpha value is -1.42. The lowest BCUT2D eigenvalue weighted by atomic mass is 10.3. The predicted octanol–water partition coefficient (Wildman–Crippen LogP) is 2.71. The Labute approximate surface area is 86.8 Å². The molecule has 4 heteroatoms. The smallest absolute Gasteiger partial charge is 0.149 e. The summed E-state index contributed by atoms with van der Waals surface area (Å²) in [6.07, 6.45) is 1.67. The van der Waals surface area contributed by atoms with Crippen LogP contribution in [-0.4, -0.2) is 10.2 Å². The van der Waals surface area contributed by atoms with Gasteiger partial charge < -0.3 is 5.32 Å². The van der Waals surface area contributed by atoms with Gasteiger partial charge in [0, 0.05) is 11.1 Å². The fourth-order valence-electron chi connectivity index (χ4n) is 1.21. The van der Waals surface area contributed by atoms with Crippen molar-refractivity contribution in [2.45, 2.75) is 13.0 Å². The summed E-state index contributed by atoms with van der Waals surface area (Å²) in [7, 11) is 0. The quantitative estimate of drug-likeness (QED) is 0.837. The second-order valence-electron chi connectivity index (χ2n) is 2.99. The van der Waals surface area contributed by atoms with Gasteiger partial charge in [0.1, 0.15) is 5.82 Å². The van der Waals surface area contributed by atoms with Crippen LogP contribution < -0.4 is 5.32 Å². The molecule has 72 valence electrons. The van der Waals surface area contributed by atoms with Gasteiger partial charge in [-0.1, -0.05) is 6.07 Å². The molecule has 0 aliphatic carbocycles. The summed E-state index contributed by atoms with van der Waals surface area (Å²) in [6.45, 7) is 2.11. The van der Waals surface area contributed by atoms with Crippen LogP contribution in [0.15, 0.2) is 35.8 Å². The minimum atomic E-state index is 0.284. The lowest BCUT2D eigenvalue weighted by Gasteiger charge is -2.11. The topological polar surface area (TPSA) is 37.8 Å². The molecule has 0 amide bonds. The second-order valence-corrected chi connectivity index (χ2v) is 3.97. The van der Waals surface area contributed by atoms with Crippen molar-refractivity contribution in [2.24, 2.45) is 0 Å². The molecule has 0 saturated carbocycles. The molecule has 0 aliphatic rings. The van der Waals surface area contributed by atoms with E-state index >= 15 is 0 Å². The van der Waals surface area contributed by atoms with E-state index in [1.165, 1.54) is 4.88 Å². The number of aromatic nitrogens is 2. The van der Waals surface area contributed by atoms with Crippen molar-refractivity contribution < 1.29 is 0 Å². The van der Waals surface area contributed by atoms with Gasteiger partial charge in [-0.25, -0.2) is 0 Å². The van der Waals surface area contributed by atoms with Crippen molar-refractivity contribution in [3.63, 3.8) is 0 Å². The third kappa shape index (κ3) is 2.09. The highest BCUT2D eigenvalue weighted by Crippen LogP contribution is 2.21. The summed E-state index contributed by atoms with van der Waals surface area (Å²) in [5.41, 5.74) is 0. The van der Waals surface area contributed by atoms with Crippen LogP contribution in [0, 0.1) is 0 Å². The minimum absolute atomic E-state index is 0.284. The zero-order chi connectivity index (χ0) is 9.80. The summed E-state index contributed by atoms with van der Waals surface area (Å²) in [6, 6.07) is 8.23. The van der Waals surface area contributed by atoms with Gasteiger partial charge in [-0.05, 0) is 30.5 Å². The molecule has 2 aromatic heterocycles. The molecule has 0 bridgehead atoms. The molecule has 1 unspecified atom stereocenters. The van der Waals surface area contributed by atoms with E-state index in [4.69, 9.17) is 0 Å². The average Bonchev–Trinajstić information content (AvgIpc) is 2.72. The Morgan fingerprint density at radius 3 is 2.93 bits per heavy atom. The number of hydrogen-bond acceptors (Lipinski definition) is 4. The van der Waals surface area contributed by atoms with Gasteiger partial charge in [0.2, 0.25) is 0 Å². The number of anilines is 1. The number of thiophene rings is 1. The van der Waals surface area contributed by atoms with Crippen LogP contribution in [0.1, 0.15) is 17.8 Å². The second kappa shape index (κ2) is 4.19. The van der Waals surface area contributed by atoms with Gasteiger partial charge in [-0.15, -0.1) is 16.4 Å². The predicted molar refractivity (Wildman–Crippen MR) is 58.4 cm³/mol. The van der Waals surface area contributed by atoms with Gasteiger partial charge >= 0.3 is 0 Å². The minimum Gasteiger partial charge on any atom is -0.361 e. The van der Waals surface area contributed by atoms with Gasteiger partial charge in [0.25, 0.3) is 0 Å². The Kier molecular flexibility index (Phi) is 2.74. The average molecular weight is 205 g/mol. The van der Waals surface area contributed by atoms with E-state index in [2.05, 4.69) is 40.0 Å². The highest BCUT2D eigenvalue weighted by molar-refractivity contribution is 7.10. The molecule has 14 heavy (non-hydrogen) atoms. The van der Waals surface area contributed by atoms with E-state index in [1.54, 1.807) is 17.5 Å². The van der Waals surface area contributed by atoms with Crippen molar-refractivity contribution in [1.82, 2.24) is 10.2 Å². The maximum absolute atomic E-state index is 3.97. The number of nitrogens with zero attached hydrogens (tertiary/aromatic N) is 2. The van der Waals surface area contributed by atoms with Crippen molar-refractivity contribution >= 4 is 17.2 Å². The molecular weight excluding hydrogens is 194 g/mol. The van der Waals surface area contributed by atoms with E-state index in [0.29, 0.717) is 0 Å². The van der Waals surface area contributed by atoms with E-state index in [-0.39, 0.29) is 6.04 Å². The maximum Gasteiger partial charge on any atom is 0.149 e. The summed E-state index contributed by atoms with van der Waals surface area (Å²) < 4.78 is 0. The van der Waals surface area contributed by atoms with E-state index < -0.39 is 0 Å². The maximum atomic E-state index is 3.97. The Bertz CT molecular complexity index is 372. The zero-order valence-corrected chi connectivity index (χ0v) is 8.66. The Morgan fingerprint density at radius 2 is 2.29 bits per heavy atom. The van der Waals surface area contributed by atoms with Crippen LogP contribution in [0.5, 0.6) is 0 Å². The number of hydrogen-bond donors (Lipinski definition) is 1. The SMILES string of the molecule is CC(Nc1cccnn1)c1cccs1. The summed E-state index contributed by atoms with van der Waals surface area (Å²) >= 11 is 1.74. The summed E-state index contributed by atoms with van der Waals surface area (Å²) in [4.78, 5) is 1.30. The van der Waals surface area contributed by atoms with Gasteiger partial charge in [0.15, 0.2) is 0 Å². The lowest BCUT2D eigenvalue weighted by molar-refractivity contribution is 0.879. The lowest BCUT2D eigenvalue weighted by Crippen LogP contribution is -2.06. The van der Waals surface area contributed by atoms with Crippen LogP contribution in [0.25, 0.3) is 0 Å². The Morgan fingerprint density at radius 1 is 1.36 bits per heavy atom. The van der Waals surface area contributed by atoms with E-state index in [9.17, 15) is 0 Å². The zero-order valence-electron chi connectivity index (χ0n) is 7.84. The molecule has 0 aromatic carbocycles. The van der Waals surface area contributed by atoms with Crippen LogP contribution in [0.4, 0.5) is 5.82 Å². The molecule has 2 heterocycles. The third-order valence-corrected chi connectivity index (χ3v) is 2.96. The molecule has 0 aliphatic heterocycles. The fraction of sp³-hybridized carbons (Fsp3) is 0.200. The van der Waals surface area contributed by atoms with Gasteiger partial charge in [-0.2, -0.15) is 5.10 Å². The molecule has 3 nitrogen and oxygen atoms in total. The standard InChI is InChI=1S/C10H11N3S/c1-8(9-4-3-7-14-9)12-10-5-2-6-11-13-10/h2-8H,1H3,(H,12,13). The van der Waals surface area contributed by atoms with Crippen LogP contribution >= 0.6 is 11.3 Å². The van der Waals surface area contributed by atoms with Crippen LogP contribution in [0.3, 0.4) is 0 Å². The summed E-state index contributed by atoms with van der Waals surface area (Å²) in [5.74, 6) is 0.813. The van der Waals surface area contributed by atoms with Crippen molar-refractivity contribution in [1.29, 1.82) is 0 Å². The van der Waals surface area contributed by atoms with E-state index in [1.807, 2.05) is 12.1 Å². The van der Waals surface area contributed by atoms with Crippen molar-refractivity contribution in [3.05, 3.63) is 40.7 Å². The monoisotopic (exact) mass is 205 g/mol. The number of nitrogens with one attached hydrogen (secondary N) is 1. The highest BCUT2D eigenvalue weighted by atomic mass is 32.1. The van der Waals surface area contributed by atoms with E-state index in [0.717, 1.165) is 5.82 Å². The molecule has 1 N–H and O–H groups in total. The highest BCUT2D eigenvalue weighted by Gasteiger charge is 2.05. The first-order valence-electron chi connectivity index (χ1n) is 4.44. The molecule has 0 spiro atoms. The Balaban J connectivity index is 2.06. The largest absolute Gasteiger partial charge is 0.361 e. The van der Waals surface area contributed by atoms with Gasteiger partial charge in [-0.3, -0.25) is 0 Å². The molecule has 2 aromatic rings. The first-order valence-corrected chi connectivity index (χ1v) is 5.32. The van der Waals surface area contributed by atoms with Crippen molar-refractivity contribution in [3.8, 4) is 0 Å². The first kappa shape index (κ1) is 9.15. The molecule has 0 saturated heterocycles. The van der Waals surface area contributed by atoms with Crippen molar-refractivity contribution in [2.75, 3.05) is 5.32 Å². The summed E-state index contributed by atoms with van der Waals surface area (Å²) in [5, 5.41) is 13.1. The van der Waals surface area contributed by atoms with Crippen LogP contribution in [-0.2, 0) is 0 Å². The molecule has 0 radical (unpaired) electrons. The first-order chi connectivity index (χ1) is 6.86. The normalized spacial score (nSPS) is 12.4.